The van der Waals surface area contributed by atoms with Crippen molar-refractivity contribution in [2.24, 2.45) is 17.3 Å². The summed E-state index contributed by atoms with van der Waals surface area (Å²) in [5, 5.41) is 1.12. The largest absolute Gasteiger partial charge is 0.444 e. The monoisotopic (exact) mass is 601 g/mol. The van der Waals surface area contributed by atoms with E-state index in [9.17, 15) is 9.59 Å². The molecule has 2 aromatic rings. The van der Waals surface area contributed by atoms with Gasteiger partial charge in [0.15, 0.2) is 9.04 Å². The maximum Gasteiger partial charge on any atom is 0.410 e. The van der Waals surface area contributed by atoms with Crippen molar-refractivity contribution in [2.45, 2.75) is 99.2 Å². The van der Waals surface area contributed by atoms with Crippen molar-refractivity contribution in [1.29, 1.82) is 0 Å². The molecule has 0 N–H and O–H groups in total. The number of methoxy groups -OCH3 is 1. The number of aromatic nitrogens is 1. The molecule has 42 heavy (non-hydrogen) atoms. The molecule has 1 aliphatic rings. The molecule has 0 saturated carbocycles. The van der Waals surface area contributed by atoms with Gasteiger partial charge in [0.05, 0.1) is 6.10 Å². The molecular weight excluding hydrogens is 546 g/mol. The van der Waals surface area contributed by atoms with Crippen molar-refractivity contribution in [1.82, 2.24) is 14.4 Å². The average molecular weight is 602 g/mol. The lowest BCUT2D eigenvalue weighted by Gasteiger charge is -2.40. The average Bonchev–Trinajstić information content (AvgIpc) is 3.47. The first-order chi connectivity index (χ1) is 19.5. The van der Waals surface area contributed by atoms with E-state index in [1.165, 1.54) is 0 Å². The predicted octanol–water partition coefficient (Wildman–Crippen LogP) is 6.43. The SMILES string of the molecule is COCCCn1ccc2ccc(C(=O)N(C[C@@H]3CN(C(=O)OC(C)(C)C)C[C@H]3C(O[SiH](C)C)C(C)(C)C)C(C)C)cc21. The Balaban J connectivity index is 1.92. The fraction of sp³-hybridized carbons (Fsp3) is 0.697. The van der Waals surface area contributed by atoms with E-state index < -0.39 is 14.6 Å². The first kappa shape index (κ1) is 34.1. The second-order valence-electron chi connectivity index (χ2n) is 14.5. The topological polar surface area (TPSA) is 73.2 Å². The van der Waals surface area contributed by atoms with Gasteiger partial charge in [0.2, 0.25) is 0 Å². The van der Waals surface area contributed by atoms with E-state index in [-0.39, 0.29) is 41.4 Å². The highest BCUT2D eigenvalue weighted by molar-refractivity contribution is 6.48. The molecule has 9 heteroatoms. The Morgan fingerprint density at radius 2 is 1.76 bits per heavy atom. The third kappa shape index (κ3) is 8.83. The van der Waals surface area contributed by atoms with Crippen LogP contribution in [-0.4, -0.2) is 86.5 Å². The summed E-state index contributed by atoms with van der Waals surface area (Å²) in [6.07, 6.45) is 2.65. The highest BCUT2D eigenvalue weighted by atomic mass is 28.3. The van der Waals surface area contributed by atoms with Crippen LogP contribution in [0, 0.1) is 17.3 Å². The number of aryl methyl sites for hydroxylation is 1. The molecule has 3 atom stereocenters. The van der Waals surface area contributed by atoms with Crippen molar-refractivity contribution in [2.75, 3.05) is 33.4 Å². The molecule has 0 aliphatic carbocycles. The second kappa shape index (κ2) is 13.9. The zero-order valence-corrected chi connectivity index (χ0v) is 29.1. The Labute approximate surface area is 255 Å². The number of fused-ring (bicyclic) bond motifs is 1. The van der Waals surface area contributed by atoms with E-state index in [2.05, 4.69) is 64.5 Å². The first-order valence-corrected chi connectivity index (χ1v) is 18.3. The van der Waals surface area contributed by atoms with E-state index in [4.69, 9.17) is 13.9 Å². The van der Waals surface area contributed by atoms with E-state index in [0.717, 1.165) is 23.9 Å². The quantitative estimate of drug-likeness (QED) is 0.219. The lowest BCUT2D eigenvalue weighted by Crippen LogP contribution is -2.47. The Kier molecular flexibility index (Phi) is 11.3. The number of benzene rings is 1. The summed E-state index contributed by atoms with van der Waals surface area (Å²) in [6.45, 7) is 24.0. The van der Waals surface area contributed by atoms with Crippen molar-refractivity contribution in [3.05, 3.63) is 36.0 Å². The number of hydrogen-bond acceptors (Lipinski definition) is 5. The molecule has 2 heterocycles. The van der Waals surface area contributed by atoms with Crippen LogP contribution >= 0.6 is 0 Å². The molecule has 1 saturated heterocycles. The zero-order chi connectivity index (χ0) is 31.4. The summed E-state index contributed by atoms with van der Waals surface area (Å²) in [5.41, 5.74) is 1.05. The Morgan fingerprint density at radius 3 is 2.33 bits per heavy atom. The summed E-state index contributed by atoms with van der Waals surface area (Å²) < 4.78 is 19.9. The van der Waals surface area contributed by atoms with Gasteiger partial charge in [0.1, 0.15) is 5.60 Å². The fourth-order valence-electron chi connectivity index (χ4n) is 5.99. The Hall–Kier alpha value is -2.36. The van der Waals surface area contributed by atoms with Crippen LogP contribution < -0.4 is 0 Å². The van der Waals surface area contributed by atoms with Crippen molar-refractivity contribution in [3.8, 4) is 0 Å². The molecule has 1 fully saturated rings. The molecule has 1 aliphatic heterocycles. The number of ether oxygens (including phenoxy) is 2. The van der Waals surface area contributed by atoms with Crippen LogP contribution in [-0.2, 0) is 20.4 Å². The summed E-state index contributed by atoms with van der Waals surface area (Å²) in [6, 6.07) is 8.07. The van der Waals surface area contributed by atoms with Crippen molar-refractivity contribution >= 4 is 31.9 Å². The maximum absolute atomic E-state index is 14.1. The molecular formula is C33H55N3O5Si. The van der Waals surface area contributed by atoms with Crippen LogP contribution in [0.4, 0.5) is 4.79 Å². The molecule has 1 unspecified atom stereocenters. The van der Waals surface area contributed by atoms with Crippen LogP contribution in [0.15, 0.2) is 30.5 Å². The van der Waals surface area contributed by atoms with Gasteiger partial charge >= 0.3 is 6.09 Å². The summed E-state index contributed by atoms with van der Waals surface area (Å²) in [4.78, 5) is 31.2. The van der Waals surface area contributed by atoms with Crippen LogP contribution in [0.5, 0.6) is 0 Å². The standard InChI is InChI=1S/C33H55N3O5Si/c1-23(2)36(30(37)25-14-13-24-15-17-34(28(24)19-25)16-12-18-39-9)21-26-20-35(31(38)40-33(6,7)8)22-27(26)29(32(3,4)5)41-42(10)11/h13-15,17,19,23,26-27,29,42H,12,16,18,20-22H2,1-11H3/t26-,27+,29?/m0/s1. The minimum Gasteiger partial charge on any atom is -0.444 e. The molecule has 1 aromatic carbocycles. The van der Waals surface area contributed by atoms with E-state index in [1.807, 2.05) is 48.8 Å². The third-order valence-corrected chi connectivity index (χ3v) is 8.73. The summed E-state index contributed by atoms with van der Waals surface area (Å²) in [5.74, 6) is 0.155. The summed E-state index contributed by atoms with van der Waals surface area (Å²) in [7, 11) is 0.341. The molecule has 2 amide bonds. The van der Waals surface area contributed by atoms with E-state index >= 15 is 0 Å². The number of carbonyl (C=O) groups is 2. The summed E-state index contributed by atoms with van der Waals surface area (Å²) >= 11 is 0. The molecule has 1 aromatic heterocycles. The Morgan fingerprint density at radius 1 is 1.07 bits per heavy atom. The predicted molar refractivity (Wildman–Crippen MR) is 173 cm³/mol. The van der Waals surface area contributed by atoms with Gasteiger partial charge in [-0.25, -0.2) is 4.79 Å². The van der Waals surface area contributed by atoms with Gasteiger partial charge in [0, 0.05) is 75.1 Å². The highest BCUT2D eigenvalue weighted by Crippen LogP contribution is 2.38. The number of likely N-dealkylation sites (tertiary alicyclic amines) is 1. The van der Waals surface area contributed by atoms with Gasteiger partial charge in [-0.2, -0.15) is 0 Å². The number of rotatable bonds is 11. The molecule has 0 spiro atoms. The number of hydrogen-bond donors (Lipinski definition) is 0. The molecule has 3 rings (SSSR count). The third-order valence-electron chi connectivity index (χ3n) is 7.89. The van der Waals surface area contributed by atoms with Crippen LogP contribution in [0.25, 0.3) is 10.9 Å². The lowest BCUT2D eigenvalue weighted by molar-refractivity contribution is 0.00989. The Bertz CT molecular complexity index is 1200. The normalized spacial score (nSPS) is 18.7. The molecule has 236 valence electrons. The zero-order valence-electron chi connectivity index (χ0n) is 27.9. The minimum atomic E-state index is -1.37. The molecule has 8 nitrogen and oxygen atoms in total. The van der Waals surface area contributed by atoms with Gasteiger partial charge in [-0.1, -0.05) is 26.8 Å². The van der Waals surface area contributed by atoms with Gasteiger partial charge in [-0.3, -0.25) is 4.79 Å². The highest BCUT2D eigenvalue weighted by Gasteiger charge is 2.46. The van der Waals surface area contributed by atoms with Crippen molar-refractivity contribution in [3.63, 3.8) is 0 Å². The van der Waals surface area contributed by atoms with Crippen molar-refractivity contribution < 1.29 is 23.5 Å². The maximum atomic E-state index is 14.1. The molecule has 0 bridgehead atoms. The van der Waals surface area contributed by atoms with Gasteiger partial charge in [-0.15, -0.1) is 0 Å². The van der Waals surface area contributed by atoms with Gasteiger partial charge < -0.3 is 28.3 Å². The number of nitrogens with zero attached hydrogens (tertiary/aromatic N) is 3. The smallest absolute Gasteiger partial charge is 0.410 e. The number of carbonyl (C=O) groups excluding carboxylic acids is 2. The van der Waals surface area contributed by atoms with E-state index in [1.54, 1.807) is 7.11 Å². The fourth-order valence-corrected chi connectivity index (χ4v) is 7.18. The lowest BCUT2D eigenvalue weighted by atomic mass is 9.77. The molecule has 0 radical (unpaired) electrons. The minimum absolute atomic E-state index is 0.00797. The van der Waals surface area contributed by atoms with Crippen LogP contribution in [0.2, 0.25) is 13.1 Å². The van der Waals surface area contributed by atoms with Gasteiger partial charge in [-0.05, 0) is 83.1 Å². The first-order valence-electron chi connectivity index (χ1n) is 15.5. The second-order valence-corrected chi connectivity index (χ2v) is 16.8. The van der Waals surface area contributed by atoms with Crippen LogP contribution in [0.1, 0.15) is 72.2 Å². The van der Waals surface area contributed by atoms with E-state index in [0.29, 0.717) is 31.8 Å². The van der Waals surface area contributed by atoms with Gasteiger partial charge in [0.25, 0.3) is 5.91 Å². The number of amides is 2. The van der Waals surface area contributed by atoms with Crippen LogP contribution in [0.3, 0.4) is 0 Å².